The number of nitrogens with zero attached hydrogens (tertiary/aromatic N) is 2. The van der Waals surface area contributed by atoms with Crippen molar-refractivity contribution in [1.29, 1.82) is 0 Å². The van der Waals surface area contributed by atoms with Crippen molar-refractivity contribution in [2.24, 2.45) is 57.3 Å². The summed E-state index contributed by atoms with van der Waals surface area (Å²) in [5.74, 6) is 7.48. The summed E-state index contributed by atoms with van der Waals surface area (Å²) in [4.78, 5) is 9.27. The maximum atomic E-state index is 4.73. The van der Waals surface area contributed by atoms with Gasteiger partial charge in [-0.15, -0.1) is 0 Å². The molecule has 0 aliphatic heterocycles. The molecule has 0 heterocycles. The molecule has 5 aliphatic rings. The van der Waals surface area contributed by atoms with Crippen LogP contribution in [0.1, 0.15) is 6.42 Å². The monoisotopic (exact) mass is 329 g/mol. The third kappa shape index (κ3) is 1.07. The fourth-order valence-corrected chi connectivity index (χ4v) is 6.46. The first-order valence-corrected chi connectivity index (χ1v) is 9.43. The van der Waals surface area contributed by atoms with Gasteiger partial charge in [-0.25, -0.2) is 0 Å². The second-order valence-corrected chi connectivity index (χ2v) is 7.89. The quantitative estimate of drug-likeness (QED) is 0.653. The number of fused-ring (bicyclic) bond motifs is 2. The van der Waals surface area contributed by atoms with E-state index >= 15 is 0 Å². The van der Waals surface area contributed by atoms with Gasteiger partial charge in [0, 0.05) is 49.2 Å². The predicted octanol–water partition coefficient (Wildman–Crippen LogP) is 2.89. The van der Waals surface area contributed by atoms with Crippen LogP contribution in [0.2, 0.25) is 0 Å². The molecule has 5 heteroatoms. The Balaban J connectivity index is 0.000000272. The van der Waals surface area contributed by atoms with Crippen molar-refractivity contribution in [3.05, 3.63) is 0 Å². The topological polar surface area (TPSA) is 24.7 Å². The van der Waals surface area contributed by atoms with Gasteiger partial charge in [-0.1, -0.05) is 0 Å². The Kier molecular flexibility index (Phi) is 2.69. The molecule has 0 N–H and O–H groups in total. The van der Waals surface area contributed by atoms with Gasteiger partial charge in [-0.2, -0.15) is 0 Å². The minimum absolute atomic E-state index is 0.382. The molecule has 101 valence electrons. The molecular formula is C13H16Cl2CoN2. The van der Waals surface area contributed by atoms with E-state index in [9.17, 15) is 0 Å². The first kappa shape index (κ1) is 12.2. The Hall–Kier alpha value is 0.426. The summed E-state index contributed by atoms with van der Waals surface area (Å²) in [6.07, 6.45) is 1.51. The summed E-state index contributed by atoms with van der Waals surface area (Å²) < 4.78 is 0. The van der Waals surface area contributed by atoms with Crippen LogP contribution in [-0.4, -0.2) is 25.5 Å². The van der Waals surface area contributed by atoms with Gasteiger partial charge in [0.15, 0.2) is 0 Å². The van der Waals surface area contributed by atoms with E-state index in [2.05, 4.69) is 9.98 Å². The number of rotatable bonds is 0. The summed E-state index contributed by atoms with van der Waals surface area (Å²) in [5.41, 5.74) is 3.20. The van der Waals surface area contributed by atoms with Crippen molar-refractivity contribution in [2.45, 2.75) is 6.42 Å². The van der Waals surface area contributed by atoms with Gasteiger partial charge in [-0.05, 0) is 30.1 Å². The van der Waals surface area contributed by atoms with Gasteiger partial charge < -0.3 is 0 Å². The molecule has 0 saturated heterocycles. The molecule has 0 aromatic rings. The molecule has 2 nitrogen and oxygen atoms in total. The van der Waals surface area contributed by atoms with Crippen LogP contribution >= 0.6 is 20.3 Å². The predicted molar refractivity (Wildman–Crippen MR) is 71.0 cm³/mol. The minimum atomic E-state index is 0.382. The van der Waals surface area contributed by atoms with Crippen molar-refractivity contribution in [3.63, 3.8) is 0 Å². The van der Waals surface area contributed by atoms with Gasteiger partial charge in [0.05, 0.1) is 0 Å². The molecule has 8 unspecified atom stereocenters. The Morgan fingerprint density at radius 2 is 1.28 bits per heavy atom. The van der Waals surface area contributed by atoms with E-state index in [1.165, 1.54) is 6.42 Å². The van der Waals surface area contributed by atoms with E-state index in [1.807, 2.05) is 14.1 Å². The van der Waals surface area contributed by atoms with Gasteiger partial charge >= 0.3 is 33.2 Å². The van der Waals surface area contributed by atoms with E-state index in [1.54, 1.807) is 11.4 Å². The maximum absolute atomic E-state index is 4.73. The van der Waals surface area contributed by atoms with Crippen LogP contribution in [0.5, 0.6) is 0 Å². The van der Waals surface area contributed by atoms with E-state index < -0.39 is 0 Å². The summed E-state index contributed by atoms with van der Waals surface area (Å²) >= 11 is 0.382. The van der Waals surface area contributed by atoms with Crippen LogP contribution < -0.4 is 0 Å². The molecule has 8 atom stereocenters. The fourth-order valence-electron chi connectivity index (χ4n) is 6.46. The molecular weight excluding hydrogens is 314 g/mol. The Morgan fingerprint density at radius 3 is 1.61 bits per heavy atom. The molecule has 5 rings (SSSR count). The van der Waals surface area contributed by atoms with Gasteiger partial charge in [0.2, 0.25) is 0 Å². The summed E-state index contributed by atoms with van der Waals surface area (Å²) in [5, 5.41) is 0. The Bertz CT molecular complexity index is 420. The van der Waals surface area contributed by atoms with Crippen molar-refractivity contribution < 1.29 is 12.9 Å². The summed E-state index contributed by atoms with van der Waals surface area (Å²) in [6, 6.07) is 0. The average Bonchev–Trinajstić information content (AvgIpc) is 2.86. The fraction of sp³-hybridized carbons (Fsp3) is 0.846. The van der Waals surface area contributed by atoms with Crippen LogP contribution in [0.3, 0.4) is 0 Å². The van der Waals surface area contributed by atoms with E-state index in [4.69, 9.17) is 20.3 Å². The number of halogens is 2. The molecule has 5 saturated carbocycles. The van der Waals surface area contributed by atoms with Crippen LogP contribution in [0, 0.1) is 47.3 Å². The summed E-state index contributed by atoms with van der Waals surface area (Å²) in [6.45, 7) is 0. The van der Waals surface area contributed by atoms with Crippen molar-refractivity contribution >= 4 is 31.7 Å². The van der Waals surface area contributed by atoms with Crippen molar-refractivity contribution in [3.8, 4) is 0 Å². The first-order valence-electron chi connectivity index (χ1n) is 6.56. The SMILES string of the molecule is CN=C1C2C3CC4C2C(=NC)C2C1C3C42.[Cl][Co][Cl]. The van der Waals surface area contributed by atoms with E-state index in [0.29, 0.717) is 12.9 Å². The van der Waals surface area contributed by atoms with Crippen molar-refractivity contribution in [1.82, 2.24) is 0 Å². The number of hydrogen-bond donors (Lipinski definition) is 0. The molecule has 5 fully saturated rings. The second kappa shape index (κ2) is 3.97. The molecule has 5 aliphatic carbocycles. The molecule has 18 heavy (non-hydrogen) atoms. The molecule has 0 amide bonds. The zero-order valence-corrected chi connectivity index (χ0v) is 12.9. The van der Waals surface area contributed by atoms with Crippen LogP contribution in [0.25, 0.3) is 0 Å². The van der Waals surface area contributed by atoms with E-state index in [-0.39, 0.29) is 0 Å². The van der Waals surface area contributed by atoms with Gasteiger partial charge in [-0.3, -0.25) is 9.98 Å². The molecule has 0 radical (unpaired) electrons. The van der Waals surface area contributed by atoms with Gasteiger partial charge in [0.25, 0.3) is 0 Å². The molecule has 0 aromatic heterocycles. The zero-order valence-electron chi connectivity index (χ0n) is 10.3. The zero-order chi connectivity index (χ0) is 12.6. The van der Waals surface area contributed by atoms with Crippen LogP contribution in [0.15, 0.2) is 9.98 Å². The first-order chi connectivity index (χ1) is 8.79. The van der Waals surface area contributed by atoms with Crippen LogP contribution in [0.4, 0.5) is 0 Å². The third-order valence-corrected chi connectivity index (χ3v) is 6.39. The molecule has 2 bridgehead atoms. The van der Waals surface area contributed by atoms with Gasteiger partial charge in [0.1, 0.15) is 0 Å². The standard InChI is InChI=1S/C13H16N2.2ClH.Co/c1-14-12-8-4-3-5-7-6(4)10(12)11(7)13(15-2)9(5)8;;;/h4-11H,3H2,1-2H3;2*1H;/q;;;+2/p-2. The second-order valence-electron chi connectivity index (χ2n) is 6.17. The average molecular weight is 330 g/mol. The molecule has 0 spiro atoms. The number of hydrogen-bond acceptors (Lipinski definition) is 2. The Morgan fingerprint density at radius 1 is 0.889 bits per heavy atom. The summed E-state index contributed by atoms with van der Waals surface area (Å²) in [7, 11) is 13.5. The van der Waals surface area contributed by atoms with Crippen molar-refractivity contribution in [2.75, 3.05) is 14.1 Å². The molecule has 0 aromatic carbocycles. The Labute approximate surface area is 122 Å². The van der Waals surface area contributed by atoms with Crippen LogP contribution in [-0.2, 0) is 12.9 Å². The number of aliphatic imine (C=N–C) groups is 2. The van der Waals surface area contributed by atoms with E-state index in [0.717, 1.165) is 47.3 Å². The third-order valence-electron chi connectivity index (χ3n) is 6.39. The normalized spacial score (nSPS) is 60.7.